The summed E-state index contributed by atoms with van der Waals surface area (Å²) in [5, 5.41) is 3.08. The highest BCUT2D eigenvalue weighted by Crippen LogP contribution is 2.45. The average Bonchev–Trinajstić information content (AvgIpc) is 3.93. The van der Waals surface area contributed by atoms with Gasteiger partial charge in [0.15, 0.2) is 9.84 Å². The Morgan fingerprint density at radius 2 is 1.83 bits per heavy atom. The molecule has 0 spiro atoms. The smallest absolute Gasteiger partial charge is 0.420 e. The normalized spacial score (nSPS) is 19.6. The van der Waals surface area contributed by atoms with Crippen molar-refractivity contribution in [1.82, 2.24) is 24.8 Å². The van der Waals surface area contributed by atoms with Gasteiger partial charge in [-0.3, -0.25) is 9.78 Å². The van der Waals surface area contributed by atoms with Crippen LogP contribution in [0.2, 0.25) is 0 Å². The number of hydrogen-bond donors (Lipinski definition) is 1. The number of aromatic nitrogens is 3. The van der Waals surface area contributed by atoms with E-state index >= 15 is 0 Å². The number of ether oxygens (including phenoxy) is 1. The van der Waals surface area contributed by atoms with E-state index in [1.807, 2.05) is 6.07 Å². The molecular weight excluding hydrogens is 658 g/mol. The predicted octanol–water partition coefficient (Wildman–Crippen LogP) is 5.93. The minimum atomic E-state index is -4.84. The number of hydrogen-bond acceptors (Lipinski definition) is 10. The van der Waals surface area contributed by atoms with Crippen molar-refractivity contribution in [3.05, 3.63) is 45.7 Å². The molecule has 0 unspecified atom stereocenters. The molecule has 3 aromatic heterocycles. The maximum atomic E-state index is 14.3. The molecule has 250 valence electrons. The predicted molar refractivity (Wildman–Crippen MR) is 166 cm³/mol. The molecule has 7 rings (SSSR count). The highest BCUT2D eigenvalue weighted by molar-refractivity contribution is 7.91. The van der Waals surface area contributed by atoms with E-state index in [0.29, 0.717) is 41.9 Å². The Morgan fingerprint density at radius 1 is 1.09 bits per heavy atom. The molecule has 2 fully saturated rings. The van der Waals surface area contributed by atoms with Crippen molar-refractivity contribution in [2.75, 3.05) is 24.2 Å². The fraction of sp³-hybridized carbons (Fsp3) is 0.516. The van der Waals surface area contributed by atoms with Crippen LogP contribution in [0.4, 0.5) is 29.6 Å². The zero-order chi connectivity index (χ0) is 33.5. The number of alkyl halides is 3. The summed E-state index contributed by atoms with van der Waals surface area (Å²) in [7, 11) is -3.91. The molecule has 0 atom stereocenters. The summed E-state index contributed by atoms with van der Waals surface area (Å²) in [6.45, 7) is 6.14. The van der Waals surface area contributed by atoms with Gasteiger partial charge in [-0.2, -0.15) is 13.2 Å². The van der Waals surface area contributed by atoms with Crippen molar-refractivity contribution in [3.8, 4) is 10.6 Å². The number of carbonyl (C=O) groups is 2. The molecule has 2 aliphatic heterocycles. The van der Waals surface area contributed by atoms with Crippen molar-refractivity contribution < 1.29 is 35.9 Å². The lowest BCUT2D eigenvalue weighted by Gasteiger charge is -2.31. The lowest BCUT2D eigenvalue weighted by Crippen LogP contribution is -2.40. The van der Waals surface area contributed by atoms with Gasteiger partial charge >= 0.3 is 12.3 Å². The summed E-state index contributed by atoms with van der Waals surface area (Å²) < 4.78 is 74.6. The largest absolute Gasteiger partial charge is 0.444 e. The van der Waals surface area contributed by atoms with Crippen molar-refractivity contribution >= 4 is 44.8 Å². The molecule has 11 nitrogen and oxygen atoms in total. The number of sulfone groups is 1. The van der Waals surface area contributed by atoms with Gasteiger partial charge in [0.05, 0.1) is 44.8 Å². The quantitative estimate of drug-likeness (QED) is 0.346. The molecule has 2 aliphatic carbocycles. The third kappa shape index (κ3) is 6.41. The molecule has 47 heavy (non-hydrogen) atoms. The van der Waals surface area contributed by atoms with Crippen LogP contribution in [0.3, 0.4) is 0 Å². The van der Waals surface area contributed by atoms with E-state index in [1.54, 1.807) is 25.7 Å². The second-order valence-electron chi connectivity index (χ2n) is 13.4. The molecule has 3 aromatic rings. The number of halogens is 3. The van der Waals surface area contributed by atoms with E-state index < -0.39 is 44.9 Å². The van der Waals surface area contributed by atoms with Gasteiger partial charge in [0.1, 0.15) is 16.0 Å². The monoisotopic (exact) mass is 690 g/mol. The Kier molecular flexibility index (Phi) is 7.54. The molecule has 0 saturated heterocycles. The average molecular weight is 691 g/mol. The molecule has 4 aliphatic rings. The van der Waals surface area contributed by atoms with Crippen LogP contribution < -0.4 is 5.32 Å². The van der Waals surface area contributed by atoms with Crippen molar-refractivity contribution in [2.45, 2.75) is 88.1 Å². The molecule has 16 heteroatoms. The molecule has 5 heterocycles. The first-order chi connectivity index (χ1) is 22.1. The SMILES string of the molecule is CC(C)(C)OC(=O)N1CCc2cc(Nc3ncc(C(F)(F)F)c(-c4cc5c(s4)C(=O)N(C4CC4)CCS5(=O)=O)n3)c(C3CC3)nc2C1. The summed E-state index contributed by atoms with van der Waals surface area (Å²) in [4.78, 5) is 41.9. The van der Waals surface area contributed by atoms with Crippen LogP contribution in [0, 0.1) is 0 Å². The summed E-state index contributed by atoms with van der Waals surface area (Å²) in [5.41, 5.74) is 0.588. The lowest BCUT2D eigenvalue weighted by atomic mass is 10.0. The van der Waals surface area contributed by atoms with Gasteiger partial charge in [0, 0.05) is 31.2 Å². The fourth-order valence-corrected chi connectivity index (χ4v) is 8.77. The molecule has 1 N–H and O–H groups in total. The molecular formula is C31H33F3N6O5S2. The van der Waals surface area contributed by atoms with Gasteiger partial charge in [-0.15, -0.1) is 11.3 Å². The topological polar surface area (TPSA) is 135 Å². The molecule has 0 aromatic carbocycles. The van der Waals surface area contributed by atoms with Crippen LogP contribution in [0.25, 0.3) is 10.6 Å². The van der Waals surface area contributed by atoms with E-state index in [-0.39, 0.29) is 51.4 Å². The first kappa shape index (κ1) is 31.8. The number of anilines is 2. The zero-order valence-corrected chi connectivity index (χ0v) is 27.6. The van der Waals surface area contributed by atoms with Crippen LogP contribution in [0.15, 0.2) is 23.2 Å². The number of thiophene rings is 1. The number of fused-ring (bicyclic) bond motifs is 2. The second kappa shape index (κ2) is 11.1. The van der Waals surface area contributed by atoms with Crippen molar-refractivity contribution in [1.29, 1.82) is 0 Å². The van der Waals surface area contributed by atoms with E-state index in [4.69, 9.17) is 9.72 Å². The fourth-order valence-electron chi connectivity index (χ4n) is 5.85. The first-order valence-corrected chi connectivity index (χ1v) is 17.9. The summed E-state index contributed by atoms with van der Waals surface area (Å²) in [5.74, 6) is -0.779. The number of pyridine rings is 1. The molecule has 2 amide bonds. The molecule has 0 radical (unpaired) electrons. The minimum Gasteiger partial charge on any atom is -0.444 e. The third-order valence-electron chi connectivity index (χ3n) is 8.48. The Bertz CT molecular complexity index is 1900. The number of rotatable bonds is 5. The summed E-state index contributed by atoms with van der Waals surface area (Å²) in [6.07, 6.45) is -0.795. The van der Waals surface area contributed by atoms with Crippen LogP contribution in [0.1, 0.15) is 84.6 Å². The van der Waals surface area contributed by atoms with Crippen LogP contribution in [0.5, 0.6) is 0 Å². The van der Waals surface area contributed by atoms with E-state index in [2.05, 4.69) is 15.3 Å². The van der Waals surface area contributed by atoms with E-state index in [0.717, 1.165) is 43.0 Å². The Labute approximate surface area is 273 Å². The third-order valence-corrected chi connectivity index (χ3v) is 11.4. The zero-order valence-electron chi connectivity index (χ0n) is 26.0. The van der Waals surface area contributed by atoms with E-state index in [1.165, 1.54) is 4.90 Å². The number of amides is 2. The van der Waals surface area contributed by atoms with Crippen LogP contribution >= 0.6 is 11.3 Å². The summed E-state index contributed by atoms with van der Waals surface area (Å²) in [6, 6.07) is 2.96. The molecule has 0 bridgehead atoms. The standard InChI is InChI=1S/C31H33F3N6O5S2/c1-30(2,3)45-29(42)39-9-8-17-12-20(24(16-4-5-16)36-21(17)15-39)37-28-35-14-19(31(32,33)34)25(38-28)22-13-23-26(46-22)27(41)40(18-6-7-18)10-11-47(23,43)44/h12-14,16,18H,4-11,15H2,1-3H3,(H,35,37,38). The number of nitrogens with one attached hydrogen (secondary N) is 1. The Morgan fingerprint density at radius 3 is 2.49 bits per heavy atom. The van der Waals surface area contributed by atoms with Gasteiger partial charge in [0.25, 0.3) is 5.91 Å². The van der Waals surface area contributed by atoms with Crippen LogP contribution in [-0.2, 0) is 33.7 Å². The highest BCUT2D eigenvalue weighted by atomic mass is 32.2. The minimum absolute atomic E-state index is 0.0507. The lowest BCUT2D eigenvalue weighted by molar-refractivity contribution is -0.137. The second-order valence-corrected chi connectivity index (χ2v) is 16.5. The van der Waals surface area contributed by atoms with Crippen LogP contribution in [-0.4, -0.2) is 75.7 Å². The van der Waals surface area contributed by atoms with Gasteiger partial charge in [-0.1, -0.05) is 0 Å². The van der Waals surface area contributed by atoms with Gasteiger partial charge in [0.2, 0.25) is 5.95 Å². The van der Waals surface area contributed by atoms with Gasteiger partial charge < -0.3 is 19.9 Å². The maximum absolute atomic E-state index is 14.3. The highest BCUT2D eigenvalue weighted by Gasteiger charge is 2.42. The van der Waals surface area contributed by atoms with Gasteiger partial charge in [-0.25, -0.2) is 23.2 Å². The number of nitrogens with zero attached hydrogens (tertiary/aromatic N) is 5. The summed E-state index contributed by atoms with van der Waals surface area (Å²) >= 11 is 0.706. The first-order valence-electron chi connectivity index (χ1n) is 15.5. The Hall–Kier alpha value is -3.79. The van der Waals surface area contributed by atoms with Crippen molar-refractivity contribution in [3.63, 3.8) is 0 Å². The van der Waals surface area contributed by atoms with E-state index in [9.17, 15) is 31.2 Å². The maximum Gasteiger partial charge on any atom is 0.420 e. The van der Waals surface area contributed by atoms with Gasteiger partial charge in [-0.05, 0) is 70.6 Å². The number of carbonyl (C=O) groups excluding carboxylic acids is 2. The Balaban J connectivity index is 1.23. The van der Waals surface area contributed by atoms with Crippen molar-refractivity contribution in [2.24, 2.45) is 0 Å². The molecule has 2 saturated carbocycles.